The summed E-state index contributed by atoms with van der Waals surface area (Å²) in [5, 5.41) is 13.7. The molecule has 2 fully saturated rings. The van der Waals surface area contributed by atoms with Gasteiger partial charge in [0.15, 0.2) is 5.82 Å². The Morgan fingerprint density at radius 3 is 3.00 bits per heavy atom. The van der Waals surface area contributed by atoms with Crippen molar-refractivity contribution in [2.24, 2.45) is 11.3 Å². The summed E-state index contributed by atoms with van der Waals surface area (Å²) in [4.78, 5) is 17.4. The summed E-state index contributed by atoms with van der Waals surface area (Å²) in [7, 11) is 1.64. The topological polar surface area (TPSA) is 91.9 Å². The SMILES string of the molecule is COc1ccc(-c2n[nH]c(CNC(=O)[C@@]34CCCC[C@H]3CNC4)n2)cc1. The van der Waals surface area contributed by atoms with Gasteiger partial charge in [0.1, 0.15) is 11.6 Å². The highest BCUT2D eigenvalue weighted by Gasteiger charge is 2.49. The van der Waals surface area contributed by atoms with E-state index in [9.17, 15) is 4.79 Å². The van der Waals surface area contributed by atoms with E-state index in [4.69, 9.17) is 4.74 Å². The summed E-state index contributed by atoms with van der Waals surface area (Å²) in [6.45, 7) is 2.12. The Balaban J connectivity index is 1.40. The number of amides is 1. The number of fused-ring (bicyclic) bond motifs is 1. The lowest BCUT2D eigenvalue weighted by atomic mass is 9.67. The van der Waals surface area contributed by atoms with Gasteiger partial charge in [-0.1, -0.05) is 12.8 Å². The van der Waals surface area contributed by atoms with Crippen LogP contribution in [0, 0.1) is 11.3 Å². The Morgan fingerprint density at radius 2 is 2.19 bits per heavy atom. The molecule has 2 aliphatic rings. The van der Waals surface area contributed by atoms with Crippen LogP contribution in [0.3, 0.4) is 0 Å². The van der Waals surface area contributed by atoms with E-state index in [2.05, 4.69) is 25.8 Å². The molecule has 3 N–H and O–H groups in total. The smallest absolute Gasteiger partial charge is 0.228 e. The average molecular weight is 355 g/mol. The molecule has 4 rings (SSSR count). The molecule has 1 saturated heterocycles. The van der Waals surface area contributed by atoms with Crippen molar-refractivity contribution in [3.63, 3.8) is 0 Å². The summed E-state index contributed by atoms with van der Waals surface area (Å²) in [5.41, 5.74) is 0.669. The molecule has 2 heterocycles. The zero-order chi connectivity index (χ0) is 18.0. The second kappa shape index (κ2) is 7.07. The molecule has 1 saturated carbocycles. The number of aromatic nitrogens is 3. The molecule has 7 heteroatoms. The summed E-state index contributed by atoms with van der Waals surface area (Å²) < 4.78 is 5.17. The molecule has 26 heavy (non-hydrogen) atoms. The predicted octanol–water partition coefficient (Wildman–Crippen LogP) is 1.88. The Kier molecular flexibility index (Phi) is 4.63. The Hall–Kier alpha value is -2.41. The van der Waals surface area contributed by atoms with E-state index >= 15 is 0 Å². The molecule has 7 nitrogen and oxygen atoms in total. The lowest BCUT2D eigenvalue weighted by Gasteiger charge is -2.37. The van der Waals surface area contributed by atoms with Crippen molar-refractivity contribution in [3.05, 3.63) is 30.1 Å². The van der Waals surface area contributed by atoms with Gasteiger partial charge in [-0.3, -0.25) is 9.89 Å². The van der Waals surface area contributed by atoms with Crippen LogP contribution < -0.4 is 15.4 Å². The zero-order valence-corrected chi connectivity index (χ0v) is 15.0. The number of H-pyrrole nitrogens is 1. The highest BCUT2D eigenvalue weighted by Crippen LogP contribution is 2.43. The largest absolute Gasteiger partial charge is 0.497 e. The first-order valence-corrected chi connectivity index (χ1v) is 9.26. The summed E-state index contributed by atoms with van der Waals surface area (Å²) >= 11 is 0. The molecule has 1 aromatic carbocycles. The van der Waals surface area contributed by atoms with Gasteiger partial charge in [0.25, 0.3) is 0 Å². The molecule has 1 aromatic heterocycles. The second-order valence-electron chi connectivity index (χ2n) is 7.25. The van der Waals surface area contributed by atoms with E-state index in [1.165, 1.54) is 6.42 Å². The predicted molar refractivity (Wildman–Crippen MR) is 97.5 cm³/mol. The van der Waals surface area contributed by atoms with Crippen LogP contribution in [0.4, 0.5) is 0 Å². The first kappa shape index (κ1) is 17.0. The number of aromatic amines is 1. The molecule has 0 radical (unpaired) electrons. The Bertz CT molecular complexity index is 772. The number of carbonyl (C=O) groups excluding carboxylic acids is 1. The molecule has 0 bridgehead atoms. The fraction of sp³-hybridized carbons (Fsp3) is 0.526. The quantitative estimate of drug-likeness (QED) is 0.762. The van der Waals surface area contributed by atoms with E-state index in [-0.39, 0.29) is 11.3 Å². The van der Waals surface area contributed by atoms with Crippen LogP contribution in [-0.4, -0.2) is 41.3 Å². The fourth-order valence-corrected chi connectivity index (χ4v) is 4.27. The normalized spacial score (nSPS) is 24.9. The van der Waals surface area contributed by atoms with Crippen LogP contribution in [0.5, 0.6) is 5.75 Å². The highest BCUT2D eigenvalue weighted by molar-refractivity contribution is 5.83. The maximum atomic E-state index is 12.9. The van der Waals surface area contributed by atoms with Crippen LogP contribution in [0.1, 0.15) is 31.5 Å². The highest BCUT2D eigenvalue weighted by atomic mass is 16.5. The van der Waals surface area contributed by atoms with Gasteiger partial charge in [-0.05, 0) is 49.6 Å². The van der Waals surface area contributed by atoms with Gasteiger partial charge in [-0.15, -0.1) is 0 Å². The van der Waals surface area contributed by atoms with Gasteiger partial charge in [-0.2, -0.15) is 5.10 Å². The van der Waals surface area contributed by atoms with Gasteiger partial charge < -0.3 is 15.4 Å². The number of hydrogen-bond acceptors (Lipinski definition) is 5. The van der Waals surface area contributed by atoms with Crippen molar-refractivity contribution in [2.45, 2.75) is 32.2 Å². The van der Waals surface area contributed by atoms with Gasteiger partial charge in [0, 0.05) is 12.1 Å². The molecule has 1 aliphatic heterocycles. The molecule has 2 atom stereocenters. The zero-order valence-electron chi connectivity index (χ0n) is 15.0. The van der Waals surface area contributed by atoms with Crippen molar-refractivity contribution in [2.75, 3.05) is 20.2 Å². The number of ether oxygens (including phenoxy) is 1. The van der Waals surface area contributed by atoms with Crippen LogP contribution in [0.25, 0.3) is 11.4 Å². The van der Waals surface area contributed by atoms with Crippen molar-refractivity contribution in [1.29, 1.82) is 0 Å². The molecule has 0 spiro atoms. The molecular weight excluding hydrogens is 330 g/mol. The molecule has 1 amide bonds. The Labute approximate surface area is 152 Å². The number of rotatable bonds is 5. The van der Waals surface area contributed by atoms with E-state index in [0.29, 0.717) is 24.1 Å². The van der Waals surface area contributed by atoms with Crippen molar-refractivity contribution < 1.29 is 9.53 Å². The van der Waals surface area contributed by atoms with E-state index < -0.39 is 0 Å². The maximum absolute atomic E-state index is 12.9. The number of benzene rings is 1. The lowest BCUT2D eigenvalue weighted by molar-refractivity contribution is -0.134. The van der Waals surface area contributed by atoms with Crippen molar-refractivity contribution in [3.8, 4) is 17.1 Å². The Morgan fingerprint density at radius 1 is 1.35 bits per heavy atom. The number of nitrogens with one attached hydrogen (secondary N) is 3. The minimum Gasteiger partial charge on any atom is -0.497 e. The molecule has 1 aliphatic carbocycles. The third-order valence-corrected chi connectivity index (χ3v) is 5.79. The van der Waals surface area contributed by atoms with Crippen molar-refractivity contribution >= 4 is 5.91 Å². The van der Waals surface area contributed by atoms with Crippen LogP contribution in [0.2, 0.25) is 0 Å². The number of hydrogen-bond donors (Lipinski definition) is 3. The summed E-state index contributed by atoms with van der Waals surface area (Å²) in [5.74, 6) is 2.69. The lowest BCUT2D eigenvalue weighted by Crippen LogP contribution is -2.47. The summed E-state index contributed by atoms with van der Waals surface area (Å²) in [6, 6.07) is 7.59. The first-order valence-electron chi connectivity index (χ1n) is 9.26. The van der Waals surface area contributed by atoms with Gasteiger partial charge in [-0.25, -0.2) is 4.98 Å². The third-order valence-electron chi connectivity index (χ3n) is 5.79. The van der Waals surface area contributed by atoms with Crippen LogP contribution in [-0.2, 0) is 11.3 Å². The molecular formula is C19H25N5O2. The van der Waals surface area contributed by atoms with Crippen LogP contribution in [0.15, 0.2) is 24.3 Å². The summed E-state index contributed by atoms with van der Waals surface area (Å²) in [6.07, 6.45) is 4.48. The maximum Gasteiger partial charge on any atom is 0.228 e. The first-order chi connectivity index (χ1) is 12.7. The van der Waals surface area contributed by atoms with E-state index in [0.717, 1.165) is 43.7 Å². The minimum atomic E-state index is -0.239. The standard InChI is InChI=1S/C19H25N5O2/c1-26-15-7-5-13(6-8-15)17-22-16(23-24-17)11-21-18(25)19-9-3-2-4-14(19)10-20-12-19/h5-8,14,20H,2-4,9-12H2,1H3,(H,21,25)(H,22,23,24)/t14-,19+/m0/s1. The number of nitrogens with zero attached hydrogens (tertiary/aromatic N) is 2. The average Bonchev–Trinajstić information content (AvgIpc) is 3.34. The number of methoxy groups -OCH3 is 1. The monoisotopic (exact) mass is 355 g/mol. The van der Waals surface area contributed by atoms with Crippen molar-refractivity contribution in [1.82, 2.24) is 25.8 Å². The molecule has 0 unspecified atom stereocenters. The minimum absolute atomic E-state index is 0.148. The third kappa shape index (κ3) is 3.07. The van der Waals surface area contributed by atoms with E-state index in [1.54, 1.807) is 7.11 Å². The van der Waals surface area contributed by atoms with Gasteiger partial charge in [0.05, 0.1) is 19.1 Å². The van der Waals surface area contributed by atoms with Gasteiger partial charge in [0.2, 0.25) is 5.91 Å². The molecule has 138 valence electrons. The van der Waals surface area contributed by atoms with E-state index in [1.807, 2.05) is 24.3 Å². The second-order valence-corrected chi connectivity index (χ2v) is 7.25. The van der Waals surface area contributed by atoms with Crippen LogP contribution >= 0.6 is 0 Å². The molecule has 2 aromatic rings. The van der Waals surface area contributed by atoms with Gasteiger partial charge >= 0.3 is 0 Å². The number of carbonyl (C=O) groups is 1. The fourth-order valence-electron chi connectivity index (χ4n) is 4.27.